The molecule has 1 heteroatoms. The first-order valence-electron chi connectivity index (χ1n) is 6.61. The lowest BCUT2D eigenvalue weighted by molar-refractivity contribution is 0.421. The molecule has 0 radical (unpaired) electrons. The van der Waals surface area contributed by atoms with E-state index in [0.29, 0.717) is 0 Å². The van der Waals surface area contributed by atoms with E-state index in [1.54, 1.807) is 5.57 Å². The predicted octanol–water partition coefficient (Wildman–Crippen LogP) is 4.40. The van der Waals surface area contributed by atoms with Crippen molar-refractivity contribution in [3.63, 3.8) is 0 Å². The first kappa shape index (κ1) is 12.2. The third-order valence-corrected chi connectivity index (χ3v) is 3.50. The molecule has 92 valence electrons. The van der Waals surface area contributed by atoms with Gasteiger partial charge in [-0.25, -0.2) is 0 Å². The molecule has 1 aromatic rings. The van der Waals surface area contributed by atoms with Crippen molar-refractivity contribution in [2.24, 2.45) is 11.8 Å². The minimum absolute atomic E-state index is 0.744. The molecule has 1 aromatic carbocycles. The van der Waals surface area contributed by atoms with E-state index in [1.165, 1.54) is 24.1 Å². The Hall–Kier alpha value is -1.24. The van der Waals surface area contributed by atoms with Crippen LogP contribution in [0.25, 0.3) is 0 Å². The zero-order chi connectivity index (χ0) is 12.3. The minimum Gasteiger partial charge on any atom is -0.385 e. The number of benzene rings is 1. The molecule has 0 saturated carbocycles. The second kappa shape index (κ2) is 5.39. The van der Waals surface area contributed by atoms with Gasteiger partial charge in [-0.05, 0) is 56.2 Å². The summed E-state index contributed by atoms with van der Waals surface area (Å²) in [6, 6.07) is 8.63. The van der Waals surface area contributed by atoms with Crippen LogP contribution in [0.15, 0.2) is 35.9 Å². The molecule has 1 aliphatic carbocycles. The number of hydrogen-bond donors (Lipinski definition) is 1. The molecule has 0 aromatic heterocycles. The summed E-state index contributed by atoms with van der Waals surface area (Å²) in [6.07, 6.45) is 4.99. The lowest BCUT2D eigenvalue weighted by atomic mass is 9.84. The van der Waals surface area contributed by atoms with Crippen molar-refractivity contribution >= 4 is 5.69 Å². The maximum absolute atomic E-state index is 3.57. The number of rotatable bonds is 3. The molecule has 0 fully saturated rings. The normalized spacial score (nSPS) is 24.3. The van der Waals surface area contributed by atoms with Crippen LogP contribution in [0.1, 0.15) is 32.3 Å². The van der Waals surface area contributed by atoms with Gasteiger partial charge in [0.1, 0.15) is 0 Å². The van der Waals surface area contributed by atoms with Gasteiger partial charge in [0.25, 0.3) is 0 Å². The van der Waals surface area contributed by atoms with E-state index in [1.807, 2.05) is 0 Å². The van der Waals surface area contributed by atoms with Crippen LogP contribution in [0.5, 0.6) is 0 Å². The molecule has 17 heavy (non-hydrogen) atoms. The molecule has 1 N–H and O–H groups in total. The van der Waals surface area contributed by atoms with Crippen LogP contribution in [0.2, 0.25) is 0 Å². The molecule has 0 amide bonds. The fraction of sp³-hybridized carbons (Fsp3) is 0.500. The van der Waals surface area contributed by atoms with Crippen LogP contribution >= 0.6 is 0 Å². The van der Waals surface area contributed by atoms with Gasteiger partial charge in [0.2, 0.25) is 0 Å². The Bertz CT molecular complexity index is 406. The number of anilines is 1. The quantitative estimate of drug-likeness (QED) is 0.757. The van der Waals surface area contributed by atoms with Gasteiger partial charge < -0.3 is 5.32 Å². The summed E-state index contributed by atoms with van der Waals surface area (Å²) < 4.78 is 0. The molecule has 0 saturated heterocycles. The number of aryl methyl sites for hydroxylation is 1. The van der Waals surface area contributed by atoms with E-state index in [0.717, 1.165) is 18.4 Å². The Kier molecular flexibility index (Phi) is 3.88. The molecule has 2 unspecified atom stereocenters. The number of allylic oxidation sites excluding steroid dienone is 2. The Balaban J connectivity index is 1.89. The van der Waals surface area contributed by atoms with Gasteiger partial charge in [0, 0.05) is 12.2 Å². The minimum atomic E-state index is 0.744. The highest BCUT2D eigenvalue weighted by atomic mass is 14.9. The van der Waals surface area contributed by atoms with Crippen LogP contribution in [-0.4, -0.2) is 6.54 Å². The van der Waals surface area contributed by atoms with E-state index in [2.05, 4.69) is 56.4 Å². The molecular formula is C16H23N. The van der Waals surface area contributed by atoms with Gasteiger partial charge >= 0.3 is 0 Å². The fourth-order valence-electron chi connectivity index (χ4n) is 2.86. The second-order valence-electron chi connectivity index (χ2n) is 5.55. The van der Waals surface area contributed by atoms with Crippen molar-refractivity contribution in [3.05, 3.63) is 41.5 Å². The van der Waals surface area contributed by atoms with Gasteiger partial charge in [-0.3, -0.25) is 0 Å². The molecule has 2 atom stereocenters. The van der Waals surface area contributed by atoms with Crippen LogP contribution in [0.4, 0.5) is 5.69 Å². The molecule has 0 spiro atoms. The summed E-state index contributed by atoms with van der Waals surface area (Å²) in [5.74, 6) is 1.53. The summed E-state index contributed by atoms with van der Waals surface area (Å²) in [7, 11) is 0. The maximum Gasteiger partial charge on any atom is 0.0342 e. The third-order valence-electron chi connectivity index (χ3n) is 3.50. The third kappa shape index (κ3) is 3.62. The Morgan fingerprint density at radius 2 is 2.12 bits per heavy atom. The highest BCUT2D eigenvalue weighted by Crippen LogP contribution is 2.28. The number of hydrogen-bond acceptors (Lipinski definition) is 1. The van der Waals surface area contributed by atoms with Crippen molar-refractivity contribution < 1.29 is 0 Å². The van der Waals surface area contributed by atoms with Gasteiger partial charge in [0.05, 0.1) is 0 Å². The van der Waals surface area contributed by atoms with Crippen molar-refractivity contribution in [2.45, 2.75) is 33.6 Å². The molecule has 1 nitrogen and oxygen atoms in total. The van der Waals surface area contributed by atoms with Crippen LogP contribution < -0.4 is 5.32 Å². The smallest absolute Gasteiger partial charge is 0.0342 e. The van der Waals surface area contributed by atoms with E-state index in [4.69, 9.17) is 0 Å². The lowest BCUT2D eigenvalue weighted by Gasteiger charge is -2.26. The summed E-state index contributed by atoms with van der Waals surface area (Å²) >= 11 is 0. The van der Waals surface area contributed by atoms with Gasteiger partial charge in [-0.15, -0.1) is 0 Å². The van der Waals surface area contributed by atoms with Crippen molar-refractivity contribution in [3.8, 4) is 0 Å². The van der Waals surface area contributed by atoms with Crippen molar-refractivity contribution in [2.75, 3.05) is 11.9 Å². The maximum atomic E-state index is 3.57. The predicted molar refractivity (Wildman–Crippen MR) is 75.3 cm³/mol. The Morgan fingerprint density at radius 3 is 2.82 bits per heavy atom. The molecule has 0 heterocycles. The second-order valence-corrected chi connectivity index (χ2v) is 5.55. The highest BCUT2D eigenvalue weighted by Gasteiger charge is 2.17. The lowest BCUT2D eigenvalue weighted by Crippen LogP contribution is -2.20. The zero-order valence-corrected chi connectivity index (χ0v) is 11.2. The monoisotopic (exact) mass is 229 g/mol. The standard InChI is InChI=1S/C16H23N/c1-12-5-4-6-16(10-12)17-11-15-8-13(2)7-14(3)9-15/h4-7,10,13,15,17H,8-9,11H2,1-3H3. The van der Waals surface area contributed by atoms with Gasteiger partial charge in [0.15, 0.2) is 0 Å². The van der Waals surface area contributed by atoms with E-state index >= 15 is 0 Å². The van der Waals surface area contributed by atoms with Gasteiger partial charge in [-0.1, -0.05) is 30.7 Å². The first-order chi connectivity index (χ1) is 8.13. The number of nitrogens with one attached hydrogen (secondary N) is 1. The van der Waals surface area contributed by atoms with Crippen molar-refractivity contribution in [1.29, 1.82) is 0 Å². The molecule has 2 rings (SSSR count). The first-order valence-corrected chi connectivity index (χ1v) is 6.61. The van der Waals surface area contributed by atoms with Gasteiger partial charge in [-0.2, -0.15) is 0 Å². The topological polar surface area (TPSA) is 12.0 Å². The summed E-state index contributed by atoms with van der Waals surface area (Å²) in [4.78, 5) is 0. The summed E-state index contributed by atoms with van der Waals surface area (Å²) in [6.45, 7) is 7.82. The molecule has 1 aliphatic rings. The van der Waals surface area contributed by atoms with E-state index in [9.17, 15) is 0 Å². The zero-order valence-electron chi connectivity index (χ0n) is 11.2. The van der Waals surface area contributed by atoms with Crippen LogP contribution in [0.3, 0.4) is 0 Å². The summed E-state index contributed by atoms with van der Waals surface area (Å²) in [5, 5.41) is 3.57. The van der Waals surface area contributed by atoms with Crippen molar-refractivity contribution in [1.82, 2.24) is 0 Å². The molecule has 0 bridgehead atoms. The average molecular weight is 229 g/mol. The molecule has 0 aliphatic heterocycles. The molecular weight excluding hydrogens is 206 g/mol. The SMILES string of the molecule is CC1=CC(C)CC(CNc2cccc(C)c2)C1. The van der Waals surface area contributed by atoms with E-state index in [-0.39, 0.29) is 0 Å². The van der Waals surface area contributed by atoms with E-state index < -0.39 is 0 Å². The van der Waals surface area contributed by atoms with Crippen LogP contribution in [0, 0.1) is 18.8 Å². The highest BCUT2D eigenvalue weighted by molar-refractivity contribution is 5.45. The Morgan fingerprint density at radius 1 is 1.29 bits per heavy atom. The Labute approximate surface area is 105 Å². The summed E-state index contributed by atoms with van der Waals surface area (Å²) in [5.41, 5.74) is 4.13. The fourth-order valence-corrected chi connectivity index (χ4v) is 2.86. The largest absolute Gasteiger partial charge is 0.385 e. The van der Waals surface area contributed by atoms with Crippen LogP contribution in [-0.2, 0) is 0 Å². The average Bonchev–Trinajstić information content (AvgIpc) is 2.25.